The molecular weight excluding hydrogens is 839 g/mol. The first-order chi connectivity index (χ1) is 27.3. The lowest BCUT2D eigenvalue weighted by atomic mass is 9.77. The Kier molecular flexibility index (Phi) is 12.1. The molecule has 3 fully saturated rings. The van der Waals surface area contributed by atoms with Gasteiger partial charge < -0.3 is 65.4 Å². The summed E-state index contributed by atoms with van der Waals surface area (Å²) in [6.45, 7) is -2.03. The molecule has 4 unspecified atom stereocenters. The van der Waals surface area contributed by atoms with Crippen molar-refractivity contribution >= 4 is 46.4 Å². The van der Waals surface area contributed by atoms with Crippen molar-refractivity contribution < 1.29 is 85.8 Å². The van der Waals surface area contributed by atoms with Crippen molar-refractivity contribution in [1.29, 1.82) is 0 Å². The largest absolute Gasteiger partial charge is 0.481 e. The molecule has 0 radical (unpaired) electrons. The van der Waals surface area contributed by atoms with Crippen LogP contribution in [0.3, 0.4) is 0 Å². The van der Waals surface area contributed by atoms with Gasteiger partial charge in [0, 0.05) is 29.8 Å². The van der Waals surface area contributed by atoms with E-state index in [0.29, 0.717) is 6.42 Å². The number of nitrogens with zero attached hydrogens (tertiary/aromatic N) is 5. The maximum absolute atomic E-state index is 13.3. The van der Waals surface area contributed by atoms with Crippen molar-refractivity contribution in [2.75, 3.05) is 18.9 Å². The summed E-state index contributed by atoms with van der Waals surface area (Å²) < 4.78 is 68.1. The van der Waals surface area contributed by atoms with E-state index in [2.05, 4.69) is 29.1 Å². The van der Waals surface area contributed by atoms with Crippen molar-refractivity contribution in [1.82, 2.24) is 29.7 Å². The van der Waals surface area contributed by atoms with Crippen LogP contribution in [0, 0.1) is 11.8 Å². The lowest BCUT2D eigenvalue weighted by Gasteiger charge is -2.40. The van der Waals surface area contributed by atoms with Crippen LogP contribution < -0.4 is 11.1 Å². The molecule has 4 aliphatic rings. The fourth-order valence-electron chi connectivity index (χ4n) is 7.03. The summed E-state index contributed by atoms with van der Waals surface area (Å²) in [5.74, 6) is -1.59. The zero-order valence-electron chi connectivity index (χ0n) is 29.6. The van der Waals surface area contributed by atoms with Gasteiger partial charge in [-0.2, -0.15) is 4.31 Å². The van der Waals surface area contributed by atoms with Gasteiger partial charge in [0.2, 0.25) is 0 Å². The normalized spacial score (nSPS) is 33.4. The third-order valence-electron chi connectivity index (χ3n) is 9.71. The third kappa shape index (κ3) is 9.11. The number of imidazole rings is 1. The van der Waals surface area contributed by atoms with Gasteiger partial charge in [0.1, 0.15) is 54.7 Å². The Labute approximate surface area is 326 Å². The van der Waals surface area contributed by atoms with Crippen LogP contribution in [0.25, 0.3) is 11.2 Å². The molecule has 7 rings (SSSR count). The predicted octanol–water partition coefficient (Wildman–Crippen LogP) is -1.52. The summed E-state index contributed by atoms with van der Waals surface area (Å²) in [7, 11) is -16.4. The lowest BCUT2D eigenvalue weighted by molar-refractivity contribution is -0.126. The second kappa shape index (κ2) is 16.5. The fraction of sp³-hybridized carbons (Fsp3) is 0.467. The molecular formula is C30H38N7O18P3. The molecule has 3 saturated heterocycles. The van der Waals surface area contributed by atoms with Gasteiger partial charge in [0.15, 0.2) is 23.9 Å². The number of aliphatic hydroxyl groups excluding tert-OH is 4. The third-order valence-corrected chi connectivity index (χ3v) is 12.8. The molecule has 3 aromatic rings. The molecule has 6 heterocycles. The average Bonchev–Trinajstić information content (AvgIpc) is 3.81. The van der Waals surface area contributed by atoms with E-state index >= 15 is 0 Å². The number of nitrogens with one attached hydrogen (secondary N) is 1. The molecule has 0 aliphatic carbocycles. The highest BCUT2D eigenvalue weighted by atomic mass is 31.3. The van der Waals surface area contributed by atoms with Crippen LogP contribution in [-0.2, 0) is 52.3 Å². The molecule has 11 N–H and O–H groups in total. The Morgan fingerprint density at radius 3 is 2.28 bits per heavy atom. The Bertz CT molecular complexity index is 2210. The number of amides is 1. The first kappa shape index (κ1) is 42.6. The minimum absolute atomic E-state index is 0.0156. The first-order valence-electron chi connectivity index (χ1n) is 17.2. The van der Waals surface area contributed by atoms with E-state index in [1.165, 1.54) is 17.3 Å². The van der Waals surface area contributed by atoms with E-state index in [4.69, 9.17) is 34.0 Å². The molecule has 4 aliphatic heterocycles. The number of phosphoric ester groups is 2. The number of benzene rings is 1. The van der Waals surface area contributed by atoms with Crippen LogP contribution in [0.2, 0.25) is 0 Å². The molecule has 0 bridgehead atoms. The van der Waals surface area contributed by atoms with E-state index in [1.807, 2.05) is 30.3 Å². The number of carbonyl (C=O) groups is 1. The van der Waals surface area contributed by atoms with Gasteiger partial charge in [-0.1, -0.05) is 36.4 Å². The summed E-state index contributed by atoms with van der Waals surface area (Å²) in [4.78, 5) is 64.7. The Hall–Kier alpha value is -3.55. The van der Waals surface area contributed by atoms with Crippen molar-refractivity contribution in [3.63, 3.8) is 0 Å². The van der Waals surface area contributed by atoms with Crippen LogP contribution >= 0.6 is 23.5 Å². The highest BCUT2D eigenvalue weighted by molar-refractivity contribution is 7.60. The smallest absolute Gasteiger partial charge is 0.387 e. The number of piperidine rings is 1. The molecule has 0 spiro atoms. The SMILES string of the molecule is Nc1ncnc2c1ncn2[C@@H]1O[C@H](COP(=O)(O)OP(=O)(O)O)[C@@H](OP(=O)(O)OC[C@H]2O[C@@H](N3C=C[C@@H]4C(=C3)C(=O)NC(O)C4Cc3ccccc3)[C@H](O)[C@@H]2O)[C@H]1O. The number of carbonyl (C=O) groups excluding carboxylic acids is 1. The predicted molar refractivity (Wildman–Crippen MR) is 190 cm³/mol. The number of hydrogen-bond acceptors (Lipinski definition) is 19. The zero-order valence-corrected chi connectivity index (χ0v) is 32.2. The maximum Gasteiger partial charge on any atom is 0.481 e. The van der Waals surface area contributed by atoms with Crippen molar-refractivity contribution in [3.8, 4) is 0 Å². The number of ether oxygens (including phenoxy) is 2. The summed E-state index contributed by atoms with van der Waals surface area (Å²) in [6.07, 6.45) is -7.38. The maximum atomic E-state index is 13.3. The van der Waals surface area contributed by atoms with Crippen LogP contribution in [0.15, 0.2) is 67.0 Å². The summed E-state index contributed by atoms with van der Waals surface area (Å²) in [5, 5.41) is 46.3. The quantitative estimate of drug-likeness (QED) is 0.0822. The van der Waals surface area contributed by atoms with E-state index < -0.39 is 110 Å². The van der Waals surface area contributed by atoms with Gasteiger partial charge in [-0.15, -0.1) is 0 Å². The van der Waals surface area contributed by atoms with Gasteiger partial charge in [-0.3, -0.25) is 22.9 Å². The van der Waals surface area contributed by atoms with E-state index in [9.17, 15) is 48.7 Å². The van der Waals surface area contributed by atoms with Gasteiger partial charge in [-0.25, -0.2) is 28.6 Å². The van der Waals surface area contributed by atoms with Gasteiger partial charge in [0.05, 0.1) is 19.5 Å². The number of phosphoric acid groups is 3. The number of rotatable bonds is 14. The summed E-state index contributed by atoms with van der Waals surface area (Å²) in [5.41, 5.74) is 7.09. The second-order valence-corrected chi connectivity index (χ2v) is 17.8. The van der Waals surface area contributed by atoms with E-state index in [1.54, 1.807) is 6.08 Å². The van der Waals surface area contributed by atoms with Gasteiger partial charge in [0.25, 0.3) is 5.91 Å². The summed E-state index contributed by atoms with van der Waals surface area (Å²) in [6, 6.07) is 9.34. The molecule has 25 nitrogen and oxygen atoms in total. The molecule has 1 amide bonds. The Morgan fingerprint density at radius 1 is 0.862 bits per heavy atom. The lowest BCUT2D eigenvalue weighted by Crippen LogP contribution is -2.52. The monoisotopic (exact) mass is 877 g/mol. The van der Waals surface area contributed by atoms with Crippen molar-refractivity contribution in [2.45, 2.75) is 61.7 Å². The number of anilines is 1. The number of hydrogen-bond donors (Lipinski definition) is 10. The number of fused-ring (bicyclic) bond motifs is 2. The Morgan fingerprint density at radius 2 is 1.55 bits per heavy atom. The number of nitrogens with two attached hydrogens (primary N) is 1. The molecule has 13 atom stereocenters. The minimum atomic E-state index is -5.55. The summed E-state index contributed by atoms with van der Waals surface area (Å²) >= 11 is 0. The number of aliphatic hydroxyl groups is 4. The van der Waals surface area contributed by atoms with E-state index in [0.717, 1.165) is 22.8 Å². The Balaban J connectivity index is 1.03. The average molecular weight is 878 g/mol. The first-order valence-corrected chi connectivity index (χ1v) is 21.7. The second-order valence-electron chi connectivity index (χ2n) is 13.5. The topological polar surface area (TPSA) is 370 Å². The van der Waals surface area contributed by atoms with Crippen molar-refractivity contribution in [2.24, 2.45) is 11.8 Å². The van der Waals surface area contributed by atoms with Crippen molar-refractivity contribution in [3.05, 3.63) is 72.6 Å². The van der Waals surface area contributed by atoms with Crippen LogP contribution in [0.1, 0.15) is 11.8 Å². The van der Waals surface area contributed by atoms with E-state index in [-0.39, 0.29) is 22.6 Å². The van der Waals surface area contributed by atoms with Gasteiger partial charge in [-0.05, 0) is 12.0 Å². The van der Waals surface area contributed by atoms with Crippen LogP contribution in [0.5, 0.6) is 0 Å². The number of aromatic nitrogens is 4. The number of nitrogen functional groups attached to an aromatic ring is 1. The highest BCUT2D eigenvalue weighted by Crippen LogP contribution is 2.58. The fourth-order valence-corrected chi connectivity index (χ4v) is 9.60. The standard InChI is InChI=1S/C30H38N7O18P3/c31-25-20-26(33-12-32-25)37(13-34-20)30-23(40)24(19(53-30)11-51-58(48,49)55-56(43,44)45)54-57(46,47)50-10-18-21(38)22(39)29(52-18)36-7-6-15-16(8-14-4-2-1-3-5-14)27(41)35-28(42)17(15)9-36/h1-7,9,12-13,15-16,18-19,21-24,27,29-30,38-41H,8,10-11H2,(H,35,42)(H,46,47)(H,48,49)(H2,31,32,33)(H2,43,44,45)/t15-,16?,18+,19+,21+,22+,23+,24+,27?,29+,30+/m0/s1. The zero-order chi connectivity index (χ0) is 41.7. The molecule has 0 saturated carbocycles. The molecule has 316 valence electrons. The molecule has 28 heteroatoms. The highest BCUT2D eigenvalue weighted by Gasteiger charge is 2.52. The molecule has 2 aromatic heterocycles. The minimum Gasteiger partial charge on any atom is -0.387 e. The molecule has 58 heavy (non-hydrogen) atoms. The van der Waals surface area contributed by atoms with Crippen LogP contribution in [-0.4, -0.2) is 133 Å². The van der Waals surface area contributed by atoms with Gasteiger partial charge >= 0.3 is 23.5 Å². The number of allylic oxidation sites excluding steroid dienone is 1. The van der Waals surface area contributed by atoms with Crippen LogP contribution in [0.4, 0.5) is 5.82 Å². The molecule has 1 aromatic carbocycles.